The first kappa shape index (κ1) is 9.59. The highest BCUT2D eigenvalue weighted by Crippen LogP contribution is 1.83. The van der Waals surface area contributed by atoms with Crippen LogP contribution >= 0.6 is 0 Å². The minimum atomic E-state index is -0.617. The van der Waals surface area contributed by atoms with Gasteiger partial charge in [-0.15, -0.1) is 0 Å². The molecule has 4 heteroatoms. The molecular weight excluding hydrogens is 144 g/mol. The summed E-state index contributed by atoms with van der Waals surface area (Å²) in [6.07, 6.45) is 2.96. The van der Waals surface area contributed by atoms with Crippen molar-refractivity contribution in [3.05, 3.63) is 17.7 Å². The predicted molar refractivity (Wildman–Crippen MR) is 40.1 cm³/mol. The van der Waals surface area contributed by atoms with E-state index >= 15 is 0 Å². The van der Waals surface area contributed by atoms with Crippen LogP contribution in [0.25, 0.3) is 5.53 Å². The summed E-state index contributed by atoms with van der Waals surface area (Å²) in [4.78, 5) is 13.6. The van der Waals surface area contributed by atoms with Crippen LogP contribution in [0.4, 0.5) is 0 Å². The second kappa shape index (κ2) is 5.38. The first-order valence-corrected chi connectivity index (χ1v) is 3.28. The van der Waals surface area contributed by atoms with Gasteiger partial charge in [-0.1, -0.05) is 6.08 Å². The van der Waals surface area contributed by atoms with Crippen molar-refractivity contribution in [2.45, 2.75) is 13.8 Å². The maximum atomic E-state index is 10.8. The van der Waals surface area contributed by atoms with Crippen LogP contribution in [0.15, 0.2) is 12.2 Å². The normalized spacial score (nSPS) is 9.27. The minimum Gasteiger partial charge on any atom is -0.457 e. The fourth-order valence-corrected chi connectivity index (χ4v) is 0.505. The molecule has 0 aromatic carbocycles. The highest BCUT2D eigenvalue weighted by molar-refractivity contribution is 6.38. The molecule has 0 aromatic heterocycles. The van der Waals surface area contributed by atoms with Gasteiger partial charge < -0.3 is 10.3 Å². The third-order valence-corrected chi connectivity index (χ3v) is 0.917. The number of carbonyl (C=O) groups is 1. The first-order chi connectivity index (χ1) is 5.26. The Hall–Kier alpha value is -1.41. The molecule has 0 N–H and O–H groups in total. The van der Waals surface area contributed by atoms with E-state index in [0.29, 0.717) is 0 Å². The topological polar surface area (TPSA) is 62.7 Å². The lowest BCUT2D eigenvalue weighted by Crippen LogP contribution is -2.15. The molecule has 0 heterocycles. The van der Waals surface area contributed by atoms with Gasteiger partial charge in [-0.05, 0) is 13.8 Å². The average Bonchev–Trinajstić information content (AvgIpc) is 2.00. The third kappa shape index (κ3) is 3.33. The Balaban J connectivity index is 4.29. The molecule has 0 unspecified atom stereocenters. The Labute approximate surface area is 65.1 Å². The van der Waals surface area contributed by atoms with Gasteiger partial charge in [0.2, 0.25) is 0 Å². The Morgan fingerprint density at radius 1 is 1.73 bits per heavy atom. The summed E-state index contributed by atoms with van der Waals surface area (Å²) in [7, 11) is 0. The largest absolute Gasteiger partial charge is 0.457 e. The van der Waals surface area contributed by atoms with Gasteiger partial charge in [0, 0.05) is 6.08 Å². The van der Waals surface area contributed by atoms with Crippen LogP contribution in [0.3, 0.4) is 0 Å². The van der Waals surface area contributed by atoms with Crippen LogP contribution in [0.2, 0.25) is 0 Å². The monoisotopic (exact) mass is 154 g/mol. The van der Waals surface area contributed by atoms with Crippen LogP contribution < -0.4 is 0 Å². The van der Waals surface area contributed by atoms with Gasteiger partial charge in [0.25, 0.3) is 0 Å². The predicted octanol–water partition coefficient (Wildman–Crippen LogP) is 0.796. The van der Waals surface area contributed by atoms with Crippen LogP contribution in [0.5, 0.6) is 0 Å². The summed E-state index contributed by atoms with van der Waals surface area (Å²) in [5.41, 5.74) is 8.20. The van der Waals surface area contributed by atoms with Crippen LogP contribution in [-0.2, 0) is 9.53 Å². The Morgan fingerprint density at radius 3 is 2.73 bits per heavy atom. The summed E-state index contributed by atoms with van der Waals surface area (Å²) in [6.45, 7) is 3.67. The van der Waals surface area contributed by atoms with Crippen LogP contribution in [-0.4, -0.2) is 23.1 Å². The highest BCUT2D eigenvalue weighted by Gasteiger charge is 2.16. The molecule has 0 atom stereocenters. The molecule has 0 bridgehead atoms. The molecule has 60 valence electrons. The first-order valence-electron chi connectivity index (χ1n) is 3.28. The fourth-order valence-electron chi connectivity index (χ4n) is 0.505. The van der Waals surface area contributed by atoms with Gasteiger partial charge >= 0.3 is 11.7 Å². The number of hydrogen-bond acceptors (Lipinski definition) is 2. The fraction of sp³-hybridized carbons (Fsp3) is 0.429. The van der Waals surface area contributed by atoms with Gasteiger partial charge in [0.05, 0.1) is 6.61 Å². The second-order valence-electron chi connectivity index (χ2n) is 1.71. The molecule has 0 rings (SSSR count). The number of nitrogens with zero attached hydrogens (tertiary/aromatic N) is 2. The van der Waals surface area contributed by atoms with Crippen LogP contribution in [0.1, 0.15) is 13.8 Å². The molecule has 0 saturated carbocycles. The molecule has 4 nitrogen and oxygen atoms in total. The van der Waals surface area contributed by atoms with Gasteiger partial charge in [-0.3, -0.25) is 0 Å². The van der Waals surface area contributed by atoms with Gasteiger partial charge in [0.1, 0.15) is 0 Å². The third-order valence-electron chi connectivity index (χ3n) is 0.917. The summed E-state index contributed by atoms with van der Waals surface area (Å²) in [5, 5.41) is 0. The van der Waals surface area contributed by atoms with Gasteiger partial charge in [0.15, 0.2) is 0 Å². The smallest absolute Gasteiger partial charge is 0.421 e. The molecule has 0 amide bonds. The number of hydrogen-bond donors (Lipinski definition) is 0. The van der Waals surface area contributed by atoms with Crippen LogP contribution in [0, 0.1) is 0 Å². The van der Waals surface area contributed by atoms with Crippen molar-refractivity contribution in [1.82, 2.24) is 0 Å². The van der Waals surface area contributed by atoms with Crippen molar-refractivity contribution < 1.29 is 14.3 Å². The number of rotatable bonds is 3. The number of allylic oxidation sites excluding steroid dienone is 1. The molecule has 0 saturated heterocycles. The SMILES string of the molecule is C/C=C/C(=[N+]=[N-])C(=O)OCC. The molecule has 0 aliphatic heterocycles. The molecule has 0 aliphatic carbocycles. The lowest BCUT2D eigenvalue weighted by molar-refractivity contribution is -0.139. The van der Waals surface area contributed by atoms with E-state index in [4.69, 9.17) is 5.53 Å². The van der Waals surface area contributed by atoms with E-state index in [2.05, 4.69) is 9.53 Å². The van der Waals surface area contributed by atoms with E-state index < -0.39 is 5.97 Å². The van der Waals surface area contributed by atoms with E-state index in [0.717, 1.165) is 0 Å². The average molecular weight is 154 g/mol. The number of ether oxygens (including phenoxy) is 1. The molecule has 0 fully saturated rings. The summed E-state index contributed by atoms with van der Waals surface area (Å²) in [5.74, 6) is -0.617. The van der Waals surface area contributed by atoms with E-state index in [9.17, 15) is 4.79 Å². The zero-order chi connectivity index (χ0) is 8.69. The molecule has 0 spiro atoms. The van der Waals surface area contributed by atoms with Gasteiger partial charge in [-0.25, -0.2) is 4.79 Å². The van der Waals surface area contributed by atoms with E-state index in [1.54, 1.807) is 19.9 Å². The molecule has 0 radical (unpaired) electrons. The highest BCUT2D eigenvalue weighted by atomic mass is 16.5. The van der Waals surface area contributed by atoms with E-state index in [-0.39, 0.29) is 12.3 Å². The Bertz CT molecular complexity index is 214. The summed E-state index contributed by atoms with van der Waals surface area (Å²) >= 11 is 0. The van der Waals surface area contributed by atoms with E-state index in [1.807, 2.05) is 0 Å². The van der Waals surface area contributed by atoms with Crippen molar-refractivity contribution in [1.29, 1.82) is 0 Å². The van der Waals surface area contributed by atoms with E-state index in [1.165, 1.54) is 6.08 Å². The standard InChI is InChI=1S/C7H10N2O2/c1-3-5-6(9-8)7(10)11-4-2/h3,5H,4H2,1-2H3/b5-3+. The second-order valence-corrected chi connectivity index (χ2v) is 1.71. The quantitative estimate of drug-likeness (QED) is 0.261. The minimum absolute atomic E-state index is 0.0886. The Kier molecular flexibility index (Phi) is 4.69. The maximum absolute atomic E-state index is 10.8. The van der Waals surface area contributed by atoms with Crippen molar-refractivity contribution in [2.75, 3.05) is 6.61 Å². The molecule has 0 aliphatic rings. The lowest BCUT2D eigenvalue weighted by atomic mass is 10.3. The molecular formula is C7H10N2O2. The summed E-state index contributed by atoms with van der Waals surface area (Å²) < 4.78 is 4.57. The summed E-state index contributed by atoms with van der Waals surface area (Å²) in [6, 6.07) is 0. The Morgan fingerprint density at radius 2 is 2.36 bits per heavy atom. The van der Waals surface area contributed by atoms with Crippen molar-refractivity contribution in [2.24, 2.45) is 0 Å². The zero-order valence-electron chi connectivity index (χ0n) is 6.57. The number of esters is 1. The zero-order valence-corrected chi connectivity index (χ0v) is 6.57. The molecule has 0 aromatic rings. The van der Waals surface area contributed by atoms with Crippen molar-refractivity contribution >= 4 is 11.7 Å². The number of carbonyl (C=O) groups excluding carboxylic acids is 1. The lowest BCUT2D eigenvalue weighted by Gasteiger charge is -1.91. The molecule has 11 heavy (non-hydrogen) atoms. The van der Waals surface area contributed by atoms with Crippen molar-refractivity contribution in [3.63, 3.8) is 0 Å². The van der Waals surface area contributed by atoms with Crippen molar-refractivity contribution in [3.8, 4) is 0 Å². The maximum Gasteiger partial charge on any atom is 0.421 e. The van der Waals surface area contributed by atoms with Gasteiger partial charge in [-0.2, -0.15) is 4.79 Å².